The fourth-order valence-electron chi connectivity index (χ4n) is 4.38. The highest BCUT2D eigenvalue weighted by Gasteiger charge is 2.37. The van der Waals surface area contributed by atoms with Crippen LogP contribution in [-0.2, 0) is 20.8 Å². The van der Waals surface area contributed by atoms with Gasteiger partial charge in [-0.25, -0.2) is 0 Å². The Kier molecular flexibility index (Phi) is 7.22. The van der Waals surface area contributed by atoms with Crippen molar-refractivity contribution >= 4 is 5.91 Å². The first-order valence-electron chi connectivity index (χ1n) is 10.9. The van der Waals surface area contributed by atoms with Gasteiger partial charge in [-0.2, -0.15) is 0 Å². The summed E-state index contributed by atoms with van der Waals surface area (Å²) < 4.78 is 16.3. The molecule has 30 heavy (non-hydrogen) atoms. The third-order valence-corrected chi connectivity index (χ3v) is 6.09. The SMILES string of the molecule is O=C(COc1ccc(CN2CC[C@@](O)(CN3CCOCC3)C2)cc1)N1CCOCC1. The molecule has 3 saturated heterocycles. The van der Waals surface area contributed by atoms with Crippen LogP contribution in [0.3, 0.4) is 0 Å². The van der Waals surface area contributed by atoms with E-state index in [0.29, 0.717) is 38.6 Å². The van der Waals surface area contributed by atoms with E-state index in [1.807, 2.05) is 24.3 Å². The van der Waals surface area contributed by atoms with Crippen molar-refractivity contribution < 1.29 is 24.1 Å². The van der Waals surface area contributed by atoms with Gasteiger partial charge in [-0.15, -0.1) is 0 Å². The number of carbonyl (C=O) groups excluding carboxylic acids is 1. The van der Waals surface area contributed by atoms with Crippen molar-refractivity contribution in [1.29, 1.82) is 0 Å². The van der Waals surface area contributed by atoms with Gasteiger partial charge in [0.15, 0.2) is 6.61 Å². The van der Waals surface area contributed by atoms with Crippen molar-refractivity contribution in [1.82, 2.24) is 14.7 Å². The number of hydrogen-bond acceptors (Lipinski definition) is 7. The molecule has 8 nitrogen and oxygen atoms in total. The van der Waals surface area contributed by atoms with Crippen LogP contribution in [0, 0.1) is 0 Å². The minimum absolute atomic E-state index is 0.000929. The van der Waals surface area contributed by atoms with Gasteiger partial charge < -0.3 is 24.2 Å². The first-order valence-corrected chi connectivity index (χ1v) is 10.9. The summed E-state index contributed by atoms with van der Waals surface area (Å²) in [5.41, 5.74) is 0.540. The molecule has 8 heteroatoms. The Morgan fingerprint density at radius 1 is 0.967 bits per heavy atom. The maximum Gasteiger partial charge on any atom is 0.260 e. The summed E-state index contributed by atoms with van der Waals surface area (Å²) in [5.74, 6) is 0.699. The summed E-state index contributed by atoms with van der Waals surface area (Å²) in [7, 11) is 0. The molecule has 3 aliphatic rings. The third-order valence-electron chi connectivity index (χ3n) is 6.09. The summed E-state index contributed by atoms with van der Waals surface area (Å²) in [5, 5.41) is 11.0. The molecule has 3 fully saturated rings. The Hall–Kier alpha value is -1.71. The van der Waals surface area contributed by atoms with Gasteiger partial charge in [0.1, 0.15) is 5.75 Å². The van der Waals surface area contributed by atoms with Crippen LogP contribution in [0.15, 0.2) is 24.3 Å². The zero-order chi connectivity index (χ0) is 20.8. The van der Waals surface area contributed by atoms with Gasteiger partial charge in [-0.1, -0.05) is 12.1 Å². The Morgan fingerprint density at radius 3 is 2.33 bits per heavy atom. The molecule has 1 aromatic rings. The fraction of sp³-hybridized carbons (Fsp3) is 0.682. The molecule has 0 aliphatic carbocycles. The van der Waals surface area contributed by atoms with Crippen LogP contribution in [0.2, 0.25) is 0 Å². The molecule has 0 spiro atoms. The smallest absolute Gasteiger partial charge is 0.260 e. The Bertz CT molecular complexity index is 689. The maximum atomic E-state index is 12.2. The van der Waals surface area contributed by atoms with Crippen LogP contribution in [0.1, 0.15) is 12.0 Å². The normalized spacial score (nSPS) is 26.1. The van der Waals surface area contributed by atoms with Crippen LogP contribution < -0.4 is 4.74 Å². The van der Waals surface area contributed by atoms with Gasteiger partial charge in [0.05, 0.1) is 32.0 Å². The van der Waals surface area contributed by atoms with Crippen molar-refractivity contribution in [2.45, 2.75) is 18.6 Å². The van der Waals surface area contributed by atoms with E-state index in [4.69, 9.17) is 14.2 Å². The average Bonchev–Trinajstić information content (AvgIpc) is 3.14. The number of hydrogen-bond donors (Lipinski definition) is 1. The molecule has 1 N–H and O–H groups in total. The predicted octanol–water partition coefficient (Wildman–Crippen LogP) is 0.193. The predicted molar refractivity (Wildman–Crippen MR) is 111 cm³/mol. The van der Waals surface area contributed by atoms with Crippen molar-refractivity contribution in [3.63, 3.8) is 0 Å². The Balaban J connectivity index is 1.21. The number of morpholine rings is 2. The van der Waals surface area contributed by atoms with Crippen LogP contribution in [-0.4, -0.2) is 110 Å². The number of β-amino-alcohol motifs (C(OH)–C–C–N with tert-alkyl or cyclic N) is 1. The lowest BCUT2D eigenvalue weighted by molar-refractivity contribution is -0.137. The van der Waals surface area contributed by atoms with E-state index in [2.05, 4.69) is 9.80 Å². The molecule has 0 aromatic heterocycles. The molecule has 1 atom stereocenters. The largest absolute Gasteiger partial charge is 0.484 e. The van der Waals surface area contributed by atoms with Crippen molar-refractivity contribution in [3.05, 3.63) is 29.8 Å². The molecule has 3 aliphatic heterocycles. The average molecular weight is 420 g/mol. The number of benzene rings is 1. The quantitative estimate of drug-likeness (QED) is 0.676. The first kappa shape index (κ1) is 21.5. The van der Waals surface area contributed by atoms with Crippen LogP contribution in [0.25, 0.3) is 0 Å². The summed E-state index contributed by atoms with van der Waals surface area (Å²) in [6, 6.07) is 7.90. The second-order valence-electron chi connectivity index (χ2n) is 8.50. The Morgan fingerprint density at radius 2 is 1.63 bits per heavy atom. The van der Waals surface area contributed by atoms with E-state index in [0.717, 1.165) is 52.4 Å². The molecule has 0 radical (unpaired) electrons. The Labute approximate surface area is 178 Å². The monoisotopic (exact) mass is 419 g/mol. The van der Waals surface area contributed by atoms with Crippen LogP contribution in [0.5, 0.6) is 5.75 Å². The summed E-state index contributed by atoms with van der Waals surface area (Å²) in [6.45, 7) is 8.94. The maximum absolute atomic E-state index is 12.2. The third kappa shape index (κ3) is 5.92. The van der Waals surface area contributed by atoms with E-state index >= 15 is 0 Å². The lowest BCUT2D eigenvalue weighted by Crippen LogP contribution is -2.48. The molecule has 0 saturated carbocycles. The molecule has 3 heterocycles. The summed E-state index contributed by atoms with van der Waals surface area (Å²) in [4.78, 5) is 18.6. The van der Waals surface area contributed by atoms with Crippen molar-refractivity contribution in [2.75, 3.05) is 78.8 Å². The number of aliphatic hydroxyl groups is 1. The van der Waals surface area contributed by atoms with E-state index in [1.54, 1.807) is 4.90 Å². The molecule has 1 amide bonds. The highest BCUT2D eigenvalue weighted by Crippen LogP contribution is 2.25. The van der Waals surface area contributed by atoms with Crippen LogP contribution >= 0.6 is 0 Å². The standard InChI is InChI=1S/C22H33N3O5/c26-21(25-9-13-29-14-10-25)16-30-20-3-1-19(2-4-20)15-24-6-5-22(27,18-24)17-23-7-11-28-12-8-23/h1-4,27H,5-18H2/t22-/m1/s1. The molecule has 0 unspecified atom stereocenters. The highest BCUT2D eigenvalue weighted by atomic mass is 16.5. The number of carbonyl (C=O) groups is 1. The zero-order valence-electron chi connectivity index (χ0n) is 17.6. The fourth-order valence-corrected chi connectivity index (χ4v) is 4.38. The molecule has 0 bridgehead atoms. The summed E-state index contributed by atoms with van der Waals surface area (Å²) >= 11 is 0. The van der Waals surface area contributed by atoms with Gasteiger partial charge in [-0.3, -0.25) is 14.6 Å². The lowest BCUT2D eigenvalue weighted by atomic mass is 10.0. The minimum Gasteiger partial charge on any atom is -0.484 e. The van der Waals surface area contributed by atoms with E-state index < -0.39 is 5.60 Å². The van der Waals surface area contributed by atoms with Gasteiger partial charge in [0, 0.05) is 52.4 Å². The molecular formula is C22H33N3O5. The van der Waals surface area contributed by atoms with Crippen molar-refractivity contribution in [3.8, 4) is 5.75 Å². The number of amides is 1. The zero-order valence-corrected chi connectivity index (χ0v) is 17.6. The lowest BCUT2D eigenvalue weighted by Gasteiger charge is -2.33. The second-order valence-corrected chi connectivity index (χ2v) is 8.50. The first-order chi connectivity index (χ1) is 14.6. The number of ether oxygens (including phenoxy) is 3. The molecule has 4 rings (SSSR count). The number of rotatable bonds is 7. The number of likely N-dealkylation sites (tertiary alicyclic amines) is 1. The molecular weight excluding hydrogens is 386 g/mol. The van der Waals surface area contributed by atoms with Crippen molar-refractivity contribution in [2.24, 2.45) is 0 Å². The number of nitrogens with zero attached hydrogens (tertiary/aromatic N) is 3. The van der Waals surface area contributed by atoms with Gasteiger partial charge in [0.25, 0.3) is 5.91 Å². The van der Waals surface area contributed by atoms with Gasteiger partial charge in [-0.05, 0) is 24.1 Å². The van der Waals surface area contributed by atoms with E-state index in [9.17, 15) is 9.90 Å². The second kappa shape index (κ2) is 10.1. The van der Waals surface area contributed by atoms with E-state index in [1.165, 1.54) is 5.56 Å². The van der Waals surface area contributed by atoms with E-state index in [-0.39, 0.29) is 12.5 Å². The molecule has 1 aromatic carbocycles. The van der Waals surface area contributed by atoms with Crippen LogP contribution in [0.4, 0.5) is 0 Å². The van der Waals surface area contributed by atoms with Gasteiger partial charge in [0.2, 0.25) is 0 Å². The topological polar surface area (TPSA) is 74.7 Å². The minimum atomic E-state index is -0.639. The highest BCUT2D eigenvalue weighted by molar-refractivity contribution is 5.77. The molecule has 166 valence electrons. The summed E-state index contributed by atoms with van der Waals surface area (Å²) in [6.07, 6.45) is 0.801. The van der Waals surface area contributed by atoms with Gasteiger partial charge >= 0.3 is 0 Å².